The van der Waals surface area contributed by atoms with Gasteiger partial charge in [0.05, 0.1) is 22.2 Å². The summed E-state index contributed by atoms with van der Waals surface area (Å²) in [6.45, 7) is 0.674. The van der Waals surface area contributed by atoms with Gasteiger partial charge in [-0.15, -0.1) is 0 Å². The quantitative estimate of drug-likeness (QED) is 0.311. The highest BCUT2D eigenvalue weighted by atomic mass is 32.2. The molecule has 2 aromatic carbocycles. The van der Waals surface area contributed by atoms with Gasteiger partial charge in [0.1, 0.15) is 34.3 Å². The van der Waals surface area contributed by atoms with Crippen LogP contribution in [0.25, 0.3) is 11.0 Å². The number of anilines is 2. The average Bonchev–Trinajstić information content (AvgIpc) is 3.56. The smallest absolute Gasteiger partial charge is 0.265 e. The highest BCUT2D eigenvalue weighted by Crippen LogP contribution is 2.32. The van der Waals surface area contributed by atoms with Crippen molar-refractivity contribution < 1.29 is 26.4 Å². The van der Waals surface area contributed by atoms with E-state index in [1.165, 1.54) is 24.7 Å². The van der Waals surface area contributed by atoms with Crippen LogP contribution in [0.1, 0.15) is 28.8 Å². The van der Waals surface area contributed by atoms with Gasteiger partial charge in [0.15, 0.2) is 11.6 Å². The summed E-state index contributed by atoms with van der Waals surface area (Å²) in [6, 6.07) is 5.42. The number of carbonyl (C=O) groups excluding carboxylic acids is 1. The first kappa shape index (κ1) is 22.8. The number of nitrogens with zero attached hydrogens (tertiary/aromatic N) is 2. The van der Waals surface area contributed by atoms with E-state index in [1.54, 1.807) is 0 Å². The van der Waals surface area contributed by atoms with Crippen LogP contribution in [-0.4, -0.2) is 35.7 Å². The molecule has 2 heterocycles. The Morgan fingerprint density at radius 1 is 1.09 bits per heavy atom. The lowest BCUT2D eigenvalue weighted by Crippen LogP contribution is -2.17. The summed E-state index contributed by atoms with van der Waals surface area (Å²) >= 11 is 0. The molecule has 0 unspecified atom stereocenters. The van der Waals surface area contributed by atoms with Crippen molar-refractivity contribution in [3.63, 3.8) is 0 Å². The molecule has 35 heavy (non-hydrogen) atoms. The Kier molecular flexibility index (Phi) is 5.67. The first-order valence-electron chi connectivity index (χ1n) is 10.6. The fourth-order valence-electron chi connectivity index (χ4n) is 3.65. The van der Waals surface area contributed by atoms with Crippen molar-refractivity contribution in [2.75, 3.05) is 16.6 Å². The van der Waals surface area contributed by atoms with Gasteiger partial charge in [-0.3, -0.25) is 9.52 Å². The van der Waals surface area contributed by atoms with Gasteiger partial charge in [0, 0.05) is 12.7 Å². The zero-order valence-corrected chi connectivity index (χ0v) is 18.8. The van der Waals surface area contributed by atoms with Gasteiger partial charge in [-0.1, -0.05) is 6.07 Å². The lowest BCUT2D eigenvalue weighted by molar-refractivity contribution is 0.103. The molecule has 0 bridgehead atoms. The number of aromatic amines is 1. The normalized spacial score (nSPS) is 13.7. The zero-order valence-electron chi connectivity index (χ0n) is 18.0. The number of ketones is 1. The van der Waals surface area contributed by atoms with E-state index >= 15 is 4.39 Å². The van der Waals surface area contributed by atoms with Crippen molar-refractivity contribution in [3.05, 3.63) is 77.5 Å². The van der Waals surface area contributed by atoms with E-state index in [2.05, 4.69) is 20.3 Å². The molecule has 0 amide bonds. The maximum Gasteiger partial charge on any atom is 0.265 e. The van der Waals surface area contributed by atoms with Crippen molar-refractivity contribution in [2.24, 2.45) is 5.92 Å². The number of H-pyrrole nitrogens is 1. The van der Waals surface area contributed by atoms with Crippen LogP contribution in [0.15, 0.2) is 53.8 Å². The minimum atomic E-state index is -4.69. The second-order valence-electron chi connectivity index (χ2n) is 8.15. The van der Waals surface area contributed by atoms with Gasteiger partial charge in [0.25, 0.3) is 10.0 Å². The van der Waals surface area contributed by atoms with Crippen molar-refractivity contribution in [3.8, 4) is 0 Å². The molecule has 0 spiro atoms. The number of halogens is 3. The zero-order chi connectivity index (χ0) is 24.7. The second-order valence-corrected chi connectivity index (χ2v) is 9.80. The summed E-state index contributed by atoms with van der Waals surface area (Å²) < 4.78 is 69.9. The number of rotatable bonds is 8. The van der Waals surface area contributed by atoms with Crippen molar-refractivity contribution in [1.29, 1.82) is 0 Å². The molecule has 0 saturated heterocycles. The molecule has 1 aliphatic rings. The van der Waals surface area contributed by atoms with Crippen molar-refractivity contribution >= 4 is 38.3 Å². The Hall–Kier alpha value is -3.93. The topological polar surface area (TPSA) is 117 Å². The number of fused-ring (bicyclic) bond motifs is 1. The van der Waals surface area contributed by atoms with Gasteiger partial charge in [-0.05, 0) is 49.1 Å². The highest BCUT2D eigenvalue weighted by Gasteiger charge is 2.26. The SMILES string of the molecule is O=C(c1cccc(NS(=O)(=O)c2cc(F)ccc2F)c1F)c1c[nH]c2ncnc(NCC3CC3)c12. The molecule has 3 N–H and O–H groups in total. The average molecular weight is 501 g/mol. The molecule has 4 aromatic rings. The van der Waals surface area contributed by atoms with E-state index < -0.39 is 49.4 Å². The Labute approximate surface area is 197 Å². The van der Waals surface area contributed by atoms with E-state index in [0.29, 0.717) is 41.4 Å². The fraction of sp³-hybridized carbons (Fsp3) is 0.174. The van der Waals surface area contributed by atoms with Gasteiger partial charge >= 0.3 is 0 Å². The fourth-order valence-corrected chi connectivity index (χ4v) is 4.80. The summed E-state index contributed by atoms with van der Waals surface area (Å²) in [6.07, 6.45) is 4.92. The van der Waals surface area contributed by atoms with Crippen LogP contribution in [0.2, 0.25) is 0 Å². The third kappa shape index (κ3) is 4.44. The molecule has 0 radical (unpaired) electrons. The lowest BCUT2D eigenvalue weighted by atomic mass is 10.0. The Morgan fingerprint density at radius 3 is 2.66 bits per heavy atom. The van der Waals surface area contributed by atoms with Crippen LogP contribution >= 0.6 is 0 Å². The molecule has 1 fully saturated rings. The standard InChI is InChI=1S/C23H18F3N5O3S/c24-13-6-7-16(25)18(8-13)35(33,34)31-17-3-1-2-14(20(17)26)21(32)15-10-28-23-19(15)22(29-11-30-23)27-9-12-4-5-12/h1-3,6-8,10-12,31H,4-5,9H2,(H2,27,28,29,30). The summed E-state index contributed by atoms with van der Waals surface area (Å²) in [5.74, 6) is -3.15. The molecule has 12 heteroatoms. The van der Waals surface area contributed by atoms with Crippen LogP contribution in [-0.2, 0) is 10.0 Å². The monoisotopic (exact) mass is 501 g/mol. The molecule has 0 atom stereocenters. The predicted molar refractivity (Wildman–Crippen MR) is 122 cm³/mol. The number of hydrogen-bond acceptors (Lipinski definition) is 6. The number of carbonyl (C=O) groups is 1. The number of aromatic nitrogens is 3. The molecule has 180 valence electrons. The first-order valence-corrected chi connectivity index (χ1v) is 12.1. The minimum Gasteiger partial charge on any atom is -0.369 e. The summed E-state index contributed by atoms with van der Waals surface area (Å²) in [7, 11) is -4.69. The Morgan fingerprint density at radius 2 is 1.89 bits per heavy atom. The maximum atomic E-state index is 15.3. The molecule has 0 aliphatic heterocycles. The molecule has 1 aliphatic carbocycles. The van der Waals surface area contributed by atoms with Crippen LogP contribution < -0.4 is 10.0 Å². The lowest BCUT2D eigenvalue weighted by Gasteiger charge is -2.12. The highest BCUT2D eigenvalue weighted by molar-refractivity contribution is 7.92. The molecule has 2 aromatic heterocycles. The number of nitrogens with one attached hydrogen (secondary N) is 3. The second kappa shape index (κ2) is 8.69. The van der Waals surface area contributed by atoms with Crippen LogP contribution in [0, 0.1) is 23.4 Å². The summed E-state index contributed by atoms with van der Waals surface area (Å²) in [5.41, 5.74) is -0.556. The van der Waals surface area contributed by atoms with E-state index in [-0.39, 0.29) is 5.56 Å². The first-order chi connectivity index (χ1) is 16.7. The predicted octanol–water partition coefficient (Wildman–Crippen LogP) is 4.23. The largest absolute Gasteiger partial charge is 0.369 e. The Balaban J connectivity index is 1.50. The minimum absolute atomic E-state index is 0.0916. The maximum absolute atomic E-state index is 15.3. The van der Waals surface area contributed by atoms with Crippen LogP contribution in [0.3, 0.4) is 0 Å². The molecule has 1 saturated carbocycles. The Bertz CT molecular complexity index is 1570. The number of sulfonamides is 1. The van der Waals surface area contributed by atoms with E-state index in [4.69, 9.17) is 0 Å². The summed E-state index contributed by atoms with van der Waals surface area (Å²) in [4.78, 5) is 23.5. The van der Waals surface area contributed by atoms with E-state index in [9.17, 15) is 22.0 Å². The van der Waals surface area contributed by atoms with Crippen molar-refractivity contribution in [2.45, 2.75) is 17.7 Å². The number of benzene rings is 2. The van der Waals surface area contributed by atoms with Crippen LogP contribution in [0.4, 0.5) is 24.7 Å². The van der Waals surface area contributed by atoms with E-state index in [0.717, 1.165) is 25.0 Å². The molecule has 8 nitrogen and oxygen atoms in total. The molecule has 5 rings (SSSR count). The number of hydrogen-bond donors (Lipinski definition) is 3. The summed E-state index contributed by atoms with van der Waals surface area (Å²) in [5, 5.41) is 3.57. The van der Waals surface area contributed by atoms with E-state index in [1.807, 2.05) is 4.72 Å². The van der Waals surface area contributed by atoms with Gasteiger partial charge in [-0.25, -0.2) is 31.6 Å². The molecular formula is C23H18F3N5O3S. The molecular weight excluding hydrogens is 483 g/mol. The van der Waals surface area contributed by atoms with Gasteiger partial charge < -0.3 is 10.3 Å². The van der Waals surface area contributed by atoms with Crippen molar-refractivity contribution in [1.82, 2.24) is 15.0 Å². The van der Waals surface area contributed by atoms with Gasteiger partial charge in [0.2, 0.25) is 0 Å². The third-order valence-electron chi connectivity index (χ3n) is 5.64. The van der Waals surface area contributed by atoms with Crippen LogP contribution in [0.5, 0.6) is 0 Å². The van der Waals surface area contributed by atoms with Gasteiger partial charge in [-0.2, -0.15) is 0 Å². The third-order valence-corrected chi connectivity index (χ3v) is 7.02.